The predicted octanol–water partition coefficient (Wildman–Crippen LogP) is 3.84. The van der Waals surface area contributed by atoms with E-state index in [-0.39, 0.29) is 13.0 Å². The first kappa shape index (κ1) is 15.5. The molecule has 1 unspecified atom stereocenters. The Kier molecular flexibility index (Phi) is 9.88. The minimum absolute atomic E-state index is 0.00116. The molecule has 1 heterocycles. The lowest BCUT2D eigenvalue weighted by molar-refractivity contribution is -0.161. The van der Waals surface area contributed by atoms with Crippen molar-refractivity contribution in [2.24, 2.45) is 0 Å². The average Bonchev–Trinajstić information content (AvgIpc) is 2.42. The van der Waals surface area contributed by atoms with Crippen molar-refractivity contribution in [2.45, 2.75) is 64.1 Å². The molecule has 0 amide bonds. The summed E-state index contributed by atoms with van der Waals surface area (Å²) >= 11 is 0. The van der Waals surface area contributed by atoms with Gasteiger partial charge in [0.2, 0.25) is 0 Å². The van der Waals surface area contributed by atoms with Crippen molar-refractivity contribution in [2.75, 3.05) is 19.9 Å². The van der Waals surface area contributed by atoms with Gasteiger partial charge in [0.1, 0.15) is 0 Å². The van der Waals surface area contributed by atoms with Crippen molar-refractivity contribution >= 4 is 0 Å². The van der Waals surface area contributed by atoms with Crippen LogP contribution in [0.4, 0.5) is 4.39 Å². The normalized spacial score (nSPS) is 19.3. The first-order valence-electron chi connectivity index (χ1n) is 7.18. The van der Waals surface area contributed by atoms with Crippen LogP contribution in [-0.2, 0) is 9.47 Å². The number of alkyl halides is 1. The standard InChI is InChI=1S/C15H25FO2/c16-12-8-5-3-1-2-4-6-9-13-17-15-11-7-10-14-18-15/h15H,1-3,5,7-14H2. The van der Waals surface area contributed by atoms with Crippen LogP contribution >= 0.6 is 0 Å². The van der Waals surface area contributed by atoms with Crippen LogP contribution in [0.25, 0.3) is 0 Å². The van der Waals surface area contributed by atoms with Crippen molar-refractivity contribution < 1.29 is 13.9 Å². The van der Waals surface area contributed by atoms with Crippen LogP contribution in [-0.4, -0.2) is 26.2 Å². The second-order valence-corrected chi connectivity index (χ2v) is 4.62. The molecule has 1 saturated heterocycles. The molecule has 1 aliphatic rings. The molecule has 3 heteroatoms. The monoisotopic (exact) mass is 256 g/mol. The largest absolute Gasteiger partial charge is 0.353 e. The third kappa shape index (κ3) is 8.49. The number of unbranched alkanes of at least 4 members (excludes halogenated alkanes) is 4. The van der Waals surface area contributed by atoms with Gasteiger partial charge in [-0.1, -0.05) is 12.8 Å². The Bertz CT molecular complexity index is 239. The van der Waals surface area contributed by atoms with Gasteiger partial charge in [-0.2, -0.15) is 0 Å². The zero-order valence-electron chi connectivity index (χ0n) is 11.3. The van der Waals surface area contributed by atoms with Crippen molar-refractivity contribution in [3.05, 3.63) is 0 Å². The predicted molar refractivity (Wildman–Crippen MR) is 71.0 cm³/mol. The Morgan fingerprint density at radius 2 is 1.89 bits per heavy atom. The molecule has 0 aromatic carbocycles. The SMILES string of the molecule is FCCCCCCC#CCCOC1CCCCO1. The van der Waals surface area contributed by atoms with Crippen LogP contribution in [0.15, 0.2) is 0 Å². The van der Waals surface area contributed by atoms with Crippen molar-refractivity contribution in [1.29, 1.82) is 0 Å². The Balaban J connectivity index is 1.85. The van der Waals surface area contributed by atoms with Crippen LogP contribution in [0.5, 0.6) is 0 Å². The molecule has 2 nitrogen and oxygen atoms in total. The molecular formula is C15H25FO2. The van der Waals surface area contributed by atoms with Gasteiger partial charge in [-0.15, -0.1) is 11.8 Å². The first-order chi connectivity index (χ1) is 8.93. The molecule has 0 bridgehead atoms. The van der Waals surface area contributed by atoms with Gasteiger partial charge < -0.3 is 9.47 Å². The van der Waals surface area contributed by atoms with E-state index in [0.29, 0.717) is 13.0 Å². The summed E-state index contributed by atoms with van der Waals surface area (Å²) in [5.41, 5.74) is 0. The molecule has 0 aromatic rings. The van der Waals surface area contributed by atoms with E-state index in [1.807, 2.05) is 0 Å². The number of ether oxygens (including phenoxy) is 2. The van der Waals surface area contributed by atoms with E-state index in [2.05, 4.69) is 11.8 Å². The van der Waals surface area contributed by atoms with Gasteiger partial charge in [-0.25, -0.2) is 0 Å². The molecular weight excluding hydrogens is 231 g/mol. The van der Waals surface area contributed by atoms with Crippen LogP contribution in [0.2, 0.25) is 0 Å². The number of rotatable bonds is 8. The van der Waals surface area contributed by atoms with E-state index in [1.54, 1.807) is 0 Å². The average molecular weight is 256 g/mol. The van der Waals surface area contributed by atoms with Gasteiger partial charge in [0.15, 0.2) is 6.29 Å². The summed E-state index contributed by atoms with van der Waals surface area (Å²) in [6, 6.07) is 0. The minimum Gasteiger partial charge on any atom is -0.353 e. The highest BCUT2D eigenvalue weighted by molar-refractivity contribution is 4.98. The maximum atomic E-state index is 11.8. The lowest BCUT2D eigenvalue weighted by atomic mass is 10.1. The first-order valence-corrected chi connectivity index (χ1v) is 7.18. The molecule has 1 aliphatic heterocycles. The lowest BCUT2D eigenvalue weighted by Gasteiger charge is -2.22. The summed E-state index contributed by atoms with van der Waals surface area (Å²) < 4.78 is 22.8. The van der Waals surface area contributed by atoms with Gasteiger partial charge in [-0.05, 0) is 32.1 Å². The molecule has 0 radical (unpaired) electrons. The Hall–Kier alpha value is -0.590. The third-order valence-electron chi connectivity index (χ3n) is 2.98. The molecule has 18 heavy (non-hydrogen) atoms. The summed E-state index contributed by atoms with van der Waals surface area (Å²) in [7, 11) is 0. The third-order valence-corrected chi connectivity index (χ3v) is 2.98. The number of hydrogen-bond donors (Lipinski definition) is 0. The van der Waals surface area contributed by atoms with E-state index in [4.69, 9.17) is 9.47 Å². The van der Waals surface area contributed by atoms with E-state index in [1.165, 1.54) is 6.42 Å². The molecule has 0 aromatic heterocycles. The second-order valence-electron chi connectivity index (χ2n) is 4.62. The molecule has 0 saturated carbocycles. The molecule has 1 atom stereocenters. The maximum Gasteiger partial charge on any atom is 0.157 e. The van der Waals surface area contributed by atoms with Crippen molar-refractivity contribution in [3.63, 3.8) is 0 Å². The highest BCUT2D eigenvalue weighted by Crippen LogP contribution is 2.13. The summed E-state index contributed by atoms with van der Waals surface area (Å²) in [4.78, 5) is 0. The second kappa shape index (κ2) is 11.5. The maximum absolute atomic E-state index is 11.8. The fraction of sp³-hybridized carbons (Fsp3) is 0.867. The molecule has 1 rings (SSSR count). The van der Waals surface area contributed by atoms with Crippen LogP contribution in [0.3, 0.4) is 0 Å². The van der Waals surface area contributed by atoms with Gasteiger partial charge >= 0.3 is 0 Å². The van der Waals surface area contributed by atoms with Crippen molar-refractivity contribution in [1.82, 2.24) is 0 Å². The minimum atomic E-state index is -0.188. The van der Waals surface area contributed by atoms with Gasteiger partial charge in [0.25, 0.3) is 0 Å². The number of hydrogen-bond acceptors (Lipinski definition) is 2. The lowest BCUT2D eigenvalue weighted by Crippen LogP contribution is -2.22. The zero-order valence-corrected chi connectivity index (χ0v) is 11.3. The smallest absolute Gasteiger partial charge is 0.157 e. The fourth-order valence-corrected chi connectivity index (χ4v) is 1.92. The van der Waals surface area contributed by atoms with E-state index in [9.17, 15) is 4.39 Å². The molecule has 0 N–H and O–H groups in total. The quantitative estimate of drug-likeness (QED) is 0.485. The fourth-order valence-electron chi connectivity index (χ4n) is 1.92. The Labute approximate surface area is 110 Å². The van der Waals surface area contributed by atoms with E-state index >= 15 is 0 Å². The summed E-state index contributed by atoms with van der Waals surface area (Å²) in [6.45, 7) is 1.31. The zero-order chi connectivity index (χ0) is 12.9. The van der Waals surface area contributed by atoms with Crippen LogP contribution in [0, 0.1) is 11.8 Å². The molecule has 0 spiro atoms. The topological polar surface area (TPSA) is 18.5 Å². The van der Waals surface area contributed by atoms with Crippen LogP contribution < -0.4 is 0 Å². The van der Waals surface area contributed by atoms with E-state index < -0.39 is 0 Å². The number of halogens is 1. The highest BCUT2D eigenvalue weighted by Gasteiger charge is 2.12. The van der Waals surface area contributed by atoms with E-state index in [0.717, 1.165) is 51.6 Å². The van der Waals surface area contributed by atoms with Crippen LogP contribution in [0.1, 0.15) is 57.8 Å². The summed E-state index contributed by atoms with van der Waals surface area (Å²) in [5.74, 6) is 6.25. The molecule has 104 valence electrons. The molecule has 0 aliphatic carbocycles. The molecule has 1 fully saturated rings. The van der Waals surface area contributed by atoms with Crippen molar-refractivity contribution in [3.8, 4) is 11.8 Å². The summed E-state index contributed by atoms with van der Waals surface area (Å²) in [5, 5.41) is 0. The van der Waals surface area contributed by atoms with Gasteiger partial charge in [0, 0.05) is 19.4 Å². The summed E-state index contributed by atoms with van der Waals surface area (Å²) in [6.07, 6.45) is 8.94. The van der Waals surface area contributed by atoms with Gasteiger partial charge in [-0.3, -0.25) is 4.39 Å². The van der Waals surface area contributed by atoms with Gasteiger partial charge in [0.05, 0.1) is 13.3 Å². The Morgan fingerprint density at radius 1 is 1.06 bits per heavy atom. The highest BCUT2D eigenvalue weighted by atomic mass is 19.1. The Morgan fingerprint density at radius 3 is 2.67 bits per heavy atom.